The van der Waals surface area contributed by atoms with Crippen LogP contribution in [-0.4, -0.2) is 4.98 Å². The smallest absolute Gasteiger partial charge is 0.196 e. The molecule has 2 aromatic heterocycles. The number of nitrogens with one attached hydrogen (secondary N) is 1. The lowest BCUT2D eigenvalue weighted by atomic mass is 9.99. The van der Waals surface area contributed by atoms with Gasteiger partial charge in [-0.05, 0) is 62.7 Å². The van der Waals surface area contributed by atoms with Gasteiger partial charge in [-0.25, -0.2) is 4.39 Å². The van der Waals surface area contributed by atoms with Crippen LogP contribution in [0.3, 0.4) is 0 Å². The fourth-order valence-electron chi connectivity index (χ4n) is 3.58. The molecule has 4 nitrogen and oxygen atoms in total. The molecule has 0 aliphatic heterocycles. The Morgan fingerprint density at radius 1 is 1.17 bits per heavy atom. The molecule has 0 radical (unpaired) electrons. The molecule has 0 spiro atoms. The summed E-state index contributed by atoms with van der Waals surface area (Å²) in [5, 5.41) is 3.85. The Morgan fingerprint density at radius 2 is 1.97 bits per heavy atom. The van der Waals surface area contributed by atoms with Gasteiger partial charge in [-0.15, -0.1) is 0 Å². The van der Waals surface area contributed by atoms with E-state index in [0.717, 1.165) is 16.7 Å². The van der Waals surface area contributed by atoms with Crippen LogP contribution >= 0.6 is 11.6 Å². The number of nitrogens with zero attached hydrogens (tertiary/aromatic N) is 1. The second-order valence-corrected chi connectivity index (χ2v) is 7.76. The van der Waals surface area contributed by atoms with Crippen LogP contribution < -0.4 is 10.7 Å². The summed E-state index contributed by atoms with van der Waals surface area (Å²) >= 11 is 5.78. The van der Waals surface area contributed by atoms with Crippen molar-refractivity contribution in [3.05, 3.63) is 92.6 Å². The molecule has 4 rings (SSSR count). The predicted molar refractivity (Wildman–Crippen MR) is 119 cm³/mol. The number of benzene rings is 2. The molecule has 2 heterocycles. The molecule has 30 heavy (non-hydrogen) atoms. The van der Waals surface area contributed by atoms with Crippen molar-refractivity contribution in [1.29, 1.82) is 0 Å². The summed E-state index contributed by atoms with van der Waals surface area (Å²) in [7, 11) is 0. The van der Waals surface area contributed by atoms with Crippen molar-refractivity contribution >= 4 is 28.3 Å². The number of rotatable bonds is 4. The van der Waals surface area contributed by atoms with E-state index >= 15 is 0 Å². The molecule has 0 bridgehead atoms. The summed E-state index contributed by atoms with van der Waals surface area (Å²) < 4.78 is 20.1. The monoisotopic (exact) mass is 422 g/mol. The van der Waals surface area contributed by atoms with Crippen molar-refractivity contribution in [3.8, 4) is 11.3 Å². The molecule has 4 aromatic rings. The van der Waals surface area contributed by atoms with Crippen molar-refractivity contribution < 1.29 is 8.81 Å². The van der Waals surface area contributed by atoms with Crippen LogP contribution in [-0.2, 0) is 0 Å². The van der Waals surface area contributed by atoms with Gasteiger partial charge in [0.15, 0.2) is 5.43 Å². The third kappa shape index (κ3) is 3.68. The van der Waals surface area contributed by atoms with Crippen LogP contribution in [0.15, 0.2) is 64.1 Å². The van der Waals surface area contributed by atoms with Gasteiger partial charge in [0, 0.05) is 34.8 Å². The van der Waals surface area contributed by atoms with Crippen LogP contribution in [0.5, 0.6) is 0 Å². The van der Waals surface area contributed by atoms with Gasteiger partial charge in [0.2, 0.25) is 0 Å². The number of fused-ring (bicyclic) bond motifs is 1. The minimum absolute atomic E-state index is 0.0665. The summed E-state index contributed by atoms with van der Waals surface area (Å²) in [6.07, 6.45) is 3.34. The summed E-state index contributed by atoms with van der Waals surface area (Å²) in [6.45, 7) is 5.62. The average molecular weight is 423 g/mol. The van der Waals surface area contributed by atoms with Gasteiger partial charge in [-0.3, -0.25) is 9.78 Å². The highest BCUT2D eigenvalue weighted by Crippen LogP contribution is 2.32. The number of pyridine rings is 1. The van der Waals surface area contributed by atoms with Crippen LogP contribution in [0.2, 0.25) is 5.02 Å². The van der Waals surface area contributed by atoms with Gasteiger partial charge in [-0.1, -0.05) is 17.7 Å². The first-order valence-electron chi connectivity index (χ1n) is 9.55. The lowest BCUT2D eigenvalue weighted by molar-refractivity contribution is 0.605. The lowest BCUT2D eigenvalue weighted by Crippen LogP contribution is -2.12. The highest BCUT2D eigenvalue weighted by Gasteiger charge is 2.19. The fourth-order valence-corrected chi connectivity index (χ4v) is 3.69. The van der Waals surface area contributed by atoms with Crippen LogP contribution in [0, 0.1) is 19.7 Å². The van der Waals surface area contributed by atoms with Crippen LogP contribution in [0.4, 0.5) is 10.1 Å². The normalized spacial score (nSPS) is 12.2. The van der Waals surface area contributed by atoms with Crippen molar-refractivity contribution in [3.63, 3.8) is 0 Å². The average Bonchev–Trinajstić information content (AvgIpc) is 2.73. The standard InChI is InChI=1S/C24H20ClFN2O2/c1-13-9-18(15(3)28-17-6-7-20(25)21(26)11-17)24-19(10-13)22(29)14(2)23(30-24)16-5-4-8-27-12-16/h4-12,15,28H,1-3H3. The zero-order chi connectivity index (χ0) is 21.4. The van der Waals surface area contributed by atoms with E-state index in [1.807, 2.05) is 32.0 Å². The lowest BCUT2D eigenvalue weighted by Gasteiger charge is -2.19. The molecule has 1 atom stereocenters. The van der Waals surface area contributed by atoms with Crippen LogP contribution in [0.25, 0.3) is 22.3 Å². The fraction of sp³-hybridized carbons (Fsp3) is 0.167. The van der Waals surface area contributed by atoms with Gasteiger partial charge >= 0.3 is 0 Å². The molecular formula is C24H20ClFN2O2. The van der Waals surface area contributed by atoms with Gasteiger partial charge in [0.1, 0.15) is 17.2 Å². The molecule has 0 amide bonds. The first kappa shape index (κ1) is 20.1. The molecule has 0 saturated carbocycles. The predicted octanol–water partition coefficient (Wildman–Crippen LogP) is 6.44. The zero-order valence-corrected chi connectivity index (χ0v) is 17.5. The van der Waals surface area contributed by atoms with E-state index in [-0.39, 0.29) is 16.5 Å². The number of aromatic nitrogens is 1. The SMILES string of the molecule is Cc1cc(C(C)Nc2ccc(Cl)c(F)c2)c2oc(-c3cccnc3)c(C)c(=O)c2c1. The summed E-state index contributed by atoms with van der Waals surface area (Å²) in [5.74, 6) is -0.000530. The Labute approximate surface area is 178 Å². The van der Waals surface area contributed by atoms with E-state index in [2.05, 4.69) is 10.3 Å². The molecule has 152 valence electrons. The summed E-state index contributed by atoms with van der Waals surface area (Å²) in [4.78, 5) is 17.3. The third-order valence-corrected chi connectivity index (χ3v) is 5.39. The molecule has 1 N–H and O–H groups in total. The van der Waals surface area contributed by atoms with Crippen molar-refractivity contribution in [2.75, 3.05) is 5.32 Å². The first-order valence-corrected chi connectivity index (χ1v) is 9.93. The largest absolute Gasteiger partial charge is 0.455 e. The second-order valence-electron chi connectivity index (χ2n) is 7.35. The molecule has 6 heteroatoms. The quantitative estimate of drug-likeness (QED) is 0.411. The van der Waals surface area contributed by atoms with Crippen molar-refractivity contribution in [2.45, 2.75) is 26.8 Å². The zero-order valence-electron chi connectivity index (χ0n) is 16.8. The Kier molecular flexibility index (Phi) is 5.31. The van der Waals surface area contributed by atoms with Crippen molar-refractivity contribution in [1.82, 2.24) is 4.98 Å². The van der Waals surface area contributed by atoms with Crippen molar-refractivity contribution in [2.24, 2.45) is 0 Å². The second kappa shape index (κ2) is 7.92. The maximum absolute atomic E-state index is 13.8. The van der Waals surface area contributed by atoms with Gasteiger partial charge in [-0.2, -0.15) is 0 Å². The molecule has 0 saturated heterocycles. The number of halogens is 2. The highest BCUT2D eigenvalue weighted by molar-refractivity contribution is 6.30. The van der Waals surface area contributed by atoms with Crippen LogP contribution in [0.1, 0.15) is 29.7 Å². The first-order chi connectivity index (χ1) is 14.3. The van der Waals surface area contributed by atoms with E-state index in [0.29, 0.717) is 28.0 Å². The molecule has 0 aliphatic carbocycles. The summed E-state index contributed by atoms with van der Waals surface area (Å²) in [6, 6.07) is 11.8. The maximum atomic E-state index is 13.8. The minimum atomic E-state index is -0.496. The molecule has 2 aromatic carbocycles. The van der Waals surface area contributed by atoms with Gasteiger partial charge in [0.25, 0.3) is 0 Å². The highest BCUT2D eigenvalue weighted by atomic mass is 35.5. The van der Waals surface area contributed by atoms with E-state index in [1.165, 1.54) is 12.1 Å². The minimum Gasteiger partial charge on any atom is -0.455 e. The van der Waals surface area contributed by atoms with Gasteiger partial charge < -0.3 is 9.73 Å². The van der Waals surface area contributed by atoms with E-state index in [1.54, 1.807) is 31.5 Å². The van der Waals surface area contributed by atoms with Gasteiger partial charge in [0.05, 0.1) is 16.5 Å². The third-order valence-electron chi connectivity index (χ3n) is 5.08. The molecular weight excluding hydrogens is 403 g/mol. The topological polar surface area (TPSA) is 55.1 Å². The molecule has 0 fully saturated rings. The maximum Gasteiger partial charge on any atom is 0.196 e. The number of hydrogen-bond donors (Lipinski definition) is 1. The van der Waals surface area contributed by atoms with E-state index in [4.69, 9.17) is 16.0 Å². The number of hydrogen-bond acceptors (Lipinski definition) is 4. The Bertz CT molecular complexity index is 1300. The number of aryl methyl sites for hydroxylation is 1. The Morgan fingerprint density at radius 3 is 2.67 bits per heavy atom. The number of anilines is 1. The van der Waals surface area contributed by atoms with E-state index in [9.17, 15) is 9.18 Å². The Hall–Kier alpha value is -3.18. The van der Waals surface area contributed by atoms with E-state index < -0.39 is 5.82 Å². The Balaban J connectivity index is 1.87. The summed E-state index contributed by atoms with van der Waals surface area (Å²) in [5.41, 5.74) is 4.03. The molecule has 1 unspecified atom stereocenters. The molecule has 0 aliphatic rings.